The van der Waals surface area contributed by atoms with Gasteiger partial charge in [0, 0.05) is 30.6 Å². The Labute approximate surface area is 77.5 Å². The van der Waals surface area contributed by atoms with Crippen LogP contribution < -0.4 is 0 Å². The molecule has 0 unspecified atom stereocenters. The van der Waals surface area contributed by atoms with Crippen LogP contribution in [-0.4, -0.2) is 16.7 Å². The smallest absolute Gasteiger partial charge is 0.211 e. The number of hydrogen-bond donors (Lipinski definition) is 0. The van der Waals surface area contributed by atoms with Gasteiger partial charge in [-0.25, -0.2) is 0 Å². The molecule has 0 bridgehead atoms. The maximum Gasteiger partial charge on any atom is 0.211 e. The summed E-state index contributed by atoms with van der Waals surface area (Å²) in [6.07, 6.45) is 3.89. The summed E-state index contributed by atoms with van der Waals surface area (Å²) in [6.45, 7) is 1.57. The third kappa shape index (κ3) is 2.79. The lowest BCUT2D eigenvalue weighted by Crippen LogP contribution is -2.26. The lowest BCUT2D eigenvalue weighted by atomic mass is 9.84. The van der Waals surface area contributed by atoms with E-state index in [2.05, 4.69) is 0 Å². The van der Waals surface area contributed by atoms with Crippen molar-refractivity contribution in [3.8, 4) is 0 Å². The van der Waals surface area contributed by atoms with Crippen molar-refractivity contribution in [2.75, 3.05) is 0 Å². The molecule has 0 spiro atoms. The number of nitro groups is 1. The monoisotopic (exact) mass is 185 g/mol. The number of Topliss-reactive ketones (excluding diaryl/α,β-unsaturated/α-hetero) is 1. The van der Waals surface area contributed by atoms with Crippen LogP contribution in [0.1, 0.15) is 39.0 Å². The molecule has 1 rings (SSSR count). The van der Waals surface area contributed by atoms with Gasteiger partial charge in [0.2, 0.25) is 6.04 Å². The molecule has 1 saturated carbocycles. The van der Waals surface area contributed by atoms with E-state index >= 15 is 0 Å². The highest BCUT2D eigenvalue weighted by Gasteiger charge is 2.27. The molecule has 0 aliphatic heterocycles. The molecule has 1 fully saturated rings. The molecular formula is C9H15NO3. The van der Waals surface area contributed by atoms with Gasteiger partial charge in [0.15, 0.2) is 0 Å². The van der Waals surface area contributed by atoms with Gasteiger partial charge in [-0.05, 0) is 12.8 Å². The van der Waals surface area contributed by atoms with Crippen molar-refractivity contribution in [3.63, 3.8) is 0 Å². The number of nitrogens with zero attached hydrogens (tertiary/aromatic N) is 1. The molecule has 1 aliphatic carbocycles. The Kier molecular flexibility index (Phi) is 3.39. The lowest BCUT2D eigenvalue weighted by molar-refractivity contribution is -0.519. The van der Waals surface area contributed by atoms with E-state index in [1.807, 2.05) is 0 Å². The second-order valence-electron chi connectivity index (χ2n) is 3.78. The Morgan fingerprint density at radius 3 is 2.85 bits per heavy atom. The van der Waals surface area contributed by atoms with E-state index in [0.717, 1.165) is 19.3 Å². The zero-order valence-electron chi connectivity index (χ0n) is 7.86. The van der Waals surface area contributed by atoms with Gasteiger partial charge in [-0.15, -0.1) is 0 Å². The third-order valence-corrected chi connectivity index (χ3v) is 2.67. The molecule has 4 heteroatoms. The molecule has 4 nitrogen and oxygen atoms in total. The SMILES string of the molecule is C[C@H](C[C@@H]1CCCCC1=O)[N+](=O)[O-]. The van der Waals surface area contributed by atoms with Crippen LogP contribution in [0.3, 0.4) is 0 Å². The van der Waals surface area contributed by atoms with Gasteiger partial charge in [0.1, 0.15) is 5.78 Å². The van der Waals surface area contributed by atoms with Crippen LogP contribution in [0.25, 0.3) is 0 Å². The van der Waals surface area contributed by atoms with Crippen molar-refractivity contribution < 1.29 is 9.72 Å². The summed E-state index contributed by atoms with van der Waals surface area (Å²) < 4.78 is 0. The summed E-state index contributed by atoms with van der Waals surface area (Å²) in [4.78, 5) is 21.4. The minimum absolute atomic E-state index is 0.0471. The molecule has 0 N–H and O–H groups in total. The van der Waals surface area contributed by atoms with E-state index < -0.39 is 6.04 Å². The van der Waals surface area contributed by atoms with E-state index in [0.29, 0.717) is 12.8 Å². The second-order valence-corrected chi connectivity index (χ2v) is 3.78. The Hall–Kier alpha value is -0.930. The molecule has 0 aromatic heterocycles. The maximum atomic E-state index is 11.3. The van der Waals surface area contributed by atoms with Gasteiger partial charge in [-0.2, -0.15) is 0 Å². The zero-order chi connectivity index (χ0) is 9.84. The van der Waals surface area contributed by atoms with Gasteiger partial charge >= 0.3 is 0 Å². The molecule has 0 aromatic rings. The quantitative estimate of drug-likeness (QED) is 0.497. The molecule has 0 radical (unpaired) electrons. The minimum atomic E-state index is -0.577. The fourth-order valence-electron chi connectivity index (χ4n) is 1.80. The van der Waals surface area contributed by atoms with Crippen molar-refractivity contribution in [2.24, 2.45) is 5.92 Å². The molecule has 0 amide bonds. The Balaban J connectivity index is 2.42. The Morgan fingerprint density at radius 1 is 1.62 bits per heavy atom. The topological polar surface area (TPSA) is 60.2 Å². The van der Waals surface area contributed by atoms with Crippen LogP contribution in [0.2, 0.25) is 0 Å². The average molecular weight is 185 g/mol. The van der Waals surface area contributed by atoms with Gasteiger partial charge in [-0.1, -0.05) is 6.42 Å². The largest absolute Gasteiger partial charge is 0.299 e. The van der Waals surface area contributed by atoms with Crippen molar-refractivity contribution in [3.05, 3.63) is 10.1 Å². The zero-order valence-corrected chi connectivity index (χ0v) is 7.86. The molecule has 0 saturated heterocycles. The highest BCUT2D eigenvalue weighted by molar-refractivity contribution is 5.81. The van der Waals surface area contributed by atoms with Crippen LogP contribution >= 0.6 is 0 Å². The number of rotatable bonds is 3. The fourth-order valence-corrected chi connectivity index (χ4v) is 1.80. The van der Waals surface area contributed by atoms with Crippen LogP contribution in [0.5, 0.6) is 0 Å². The predicted octanol–water partition coefficient (Wildman–Crippen LogP) is 1.80. The fraction of sp³-hybridized carbons (Fsp3) is 0.889. The van der Waals surface area contributed by atoms with Crippen molar-refractivity contribution in [1.82, 2.24) is 0 Å². The molecule has 0 aromatic carbocycles. The molecule has 13 heavy (non-hydrogen) atoms. The van der Waals surface area contributed by atoms with E-state index in [4.69, 9.17) is 0 Å². The van der Waals surface area contributed by atoms with Gasteiger partial charge in [0.25, 0.3) is 0 Å². The Bertz CT molecular complexity index is 215. The number of hydrogen-bond acceptors (Lipinski definition) is 3. The standard InChI is InChI=1S/C9H15NO3/c1-7(10(12)13)6-8-4-2-3-5-9(8)11/h7-8H,2-6H2,1H3/t7-,8+/m1/s1. The maximum absolute atomic E-state index is 11.3. The molecule has 1 aliphatic rings. The van der Waals surface area contributed by atoms with Gasteiger partial charge < -0.3 is 0 Å². The molecular weight excluding hydrogens is 170 g/mol. The first kappa shape index (κ1) is 10.2. The van der Waals surface area contributed by atoms with E-state index in [-0.39, 0.29) is 16.6 Å². The summed E-state index contributed by atoms with van der Waals surface area (Å²) in [5.74, 6) is 0.175. The average Bonchev–Trinajstić information content (AvgIpc) is 2.08. The highest BCUT2D eigenvalue weighted by atomic mass is 16.6. The van der Waals surface area contributed by atoms with E-state index in [1.165, 1.54) is 0 Å². The van der Waals surface area contributed by atoms with Crippen molar-refractivity contribution in [1.29, 1.82) is 0 Å². The van der Waals surface area contributed by atoms with Gasteiger partial charge in [0.05, 0.1) is 0 Å². The van der Waals surface area contributed by atoms with Crippen LogP contribution in [0.4, 0.5) is 0 Å². The second kappa shape index (κ2) is 4.35. The summed E-state index contributed by atoms with van der Waals surface area (Å²) in [5.41, 5.74) is 0. The third-order valence-electron chi connectivity index (χ3n) is 2.67. The van der Waals surface area contributed by atoms with Crippen LogP contribution in [-0.2, 0) is 4.79 Å². The van der Waals surface area contributed by atoms with Crippen molar-refractivity contribution in [2.45, 2.75) is 45.1 Å². The first-order valence-electron chi connectivity index (χ1n) is 4.77. The number of carbonyl (C=O) groups excluding carboxylic acids is 1. The summed E-state index contributed by atoms with van der Waals surface area (Å²) in [6, 6.07) is -0.577. The first-order valence-corrected chi connectivity index (χ1v) is 4.77. The number of carbonyl (C=O) groups is 1. The first-order chi connectivity index (χ1) is 6.11. The summed E-state index contributed by atoms with van der Waals surface area (Å²) >= 11 is 0. The molecule has 0 heterocycles. The van der Waals surface area contributed by atoms with Crippen LogP contribution in [0, 0.1) is 16.0 Å². The minimum Gasteiger partial charge on any atom is -0.299 e. The lowest BCUT2D eigenvalue weighted by Gasteiger charge is -2.20. The summed E-state index contributed by atoms with van der Waals surface area (Å²) in [5, 5.41) is 10.4. The summed E-state index contributed by atoms with van der Waals surface area (Å²) in [7, 11) is 0. The molecule has 2 atom stereocenters. The number of ketones is 1. The van der Waals surface area contributed by atoms with Gasteiger partial charge in [-0.3, -0.25) is 14.9 Å². The Morgan fingerprint density at radius 2 is 2.31 bits per heavy atom. The van der Waals surface area contributed by atoms with E-state index in [9.17, 15) is 14.9 Å². The van der Waals surface area contributed by atoms with E-state index in [1.54, 1.807) is 6.92 Å². The predicted molar refractivity (Wildman–Crippen MR) is 48.0 cm³/mol. The highest BCUT2D eigenvalue weighted by Crippen LogP contribution is 2.24. The van der Waals surface area contributed by atoms with Crippen molar-refractivity contribution >= 4 is 5.78 Å². The molecule has 74 valence electrons. The van der Waals surface area contributed by atoms with Crippen LogP contribution in [0.15, 0.2) is 0 Å². The normalized spacial score (nSPS) is 25.6.